The maximum atomic E-state index is 12.1. The van der Waals surface area contributed by atoms with Crippen molar-refractivity contribution in [1.82, 2.24) is 10.3 Å². The highest BCUT2D eigenvalue weighted by atomic mass is 16.1. The van der Waals surface area contributed by atoms with Crippen LogP contribution in [0.4, 0.5) is 0 Å². The number of aromatic nitrogens is 1. The van der Waals surface area contributed by atoms with Crippen LogP contribution in [-0.4, -0.2) is 16.9 Å². The fourth-order valence-electron chi connectivity index (χ4n) is 1.96. The Morgan fingerprint density at radius 3 is 2.61 bits per heavy atom. The van der Waals surface area contributed by atoms with Gasteiger partial charge in [0.15, 0.2) is 0 Å². The normalized spacial score (nSPS) is 10.9. The Balaban J connectivity index is 2.51. The molecule has 0 atom stereocenters. The monoisotopic (exact) mass is 242 g/mol. The second-order valence-electron chi connectivity index (χ2n) is 4.95. The minimum Gasteiger partial charge on any atom is -0.350 e. The molecule has 0 bridgehead atoms. The second kappa shape index (κ2) is 4.77. The summed E-state index contributed by atoms with van der Waals surface area (Å²) in [5, 5.41) is 3.91. The number of fused-ring (bicyclic) bond motifs is 1. The van der Waals surface area contributed by atoms with E-state index in [2.05, 4.69) is 10.3 Å². The summed E-state index contributed by atoms with van der Waals surface area (Å²) in [6.07, 6.45) is 0. The van der Waals surface area contributed by atoms with E-state index in [0.717, 1.165) is 16.6 Å². The Morgan fingerprint density at radius 2 is 1.94 bits per heavy atom. The van der Waals surface area contributed by atoms with E-state index in [1.54, 1.807) is 0 Å². The zero-order valence-corrected chi connectivity index (χ0v) is 11.2. The molecule has 1 heterocycles. The summed E-state index contributed by atoms with van der Waals surface area (Å²) in [6, 6.07) is 8.12. The average Bonchev–Trinajstić information content (AvgIpc) is 2.27. The zero-order valence-electron chi connectivity index (χ0n) is 11.2. The number of nitrogens with one attached hydrogen (secondary N) is 1. The van der Waals surface area contributed by atoms with Gasteiger partial charge in [0, 0.05) is 11.4 Å². The summed E-state index contributed by atoms with van der Waals surface area (Å²) in [6.45, 7) is 7.80. The van der Waals surface area contributed by atoms with Crippen LogP contribution < -0.4 is 5.32 Å². The topological polar surface area (TPSA) is 42.0 Å². The molecular weight excluding hydrogens is 224 g/mol. The summed E-state index contributed by atoms with van der Waals surface area (Å²) in [7, 11) is 0. The van der Waals surface area contributed by atoms with Crippen LogP contribution in [0.25, 0.3) is 10.9 Å². The van der Waals surface area contributed by atoms with E-state index in [-0.39, 0.29) is 11.9 Å². The summed E-state index contributed by atoms with van der Waals surface area (Å²) in [5.41, 5.74) is 3.52. The first-order chi connectivity index (χ1) is 8.47. The number of carbonyl (C=O) groups excluding carboxylic acids is 1. The smallest absolute Gasteiger partial charge is 0.253 e. The molecule has 1 aromatic heterocycles. The Kier molecular flexibility index (Phi) is 3.32. The van der Waals surface area contributed by atoms with Crippen molar-refractivity contribution in [2.45, 2.75) is 33.7 Å². The lowest BCUT2D eigenvalue weighted by Gasteiger charge is -2.11. The number of nitrogens with zero attached hydrogens (tertiary/aromatic N) is 1. The number of amides is 1. The molecule has 1 amide bonds. The van der Waals surface area contributed by atoms with Crippen LogP contribution in [0.5, 0.6) is 0 Å². The molecule has 0 unspecified atom stereocenters. The molecule has 18 heavy (non-hydrogen) atoms. The lowest BCUT2D eigenvalue weighted by molar-refractivity contribution is 0.0942. The average molecular weight is 242 g/mol. The first-order valence-electron chi connectivity index (χ1n) is 6.16. The van der Waals surface area contributed by atoms with Crippen molar-refractivity contribution in [3.8, 4) is 0 Å². The standard InChI is InChI=1S/C15H18N2O/c1-9(2)16-15(18)13-8-12-7-10(3)5-6-14(12)17-11(13)4/h5-9H,1-4H3,(H,16,18). The van der Waals surface area contributed by atoms with Gasteiger partial charge in [-0.2, -0.15) is 0 Å². The van der Waals surface area contributed by atoms with Crippen molar-refractivity contribution in [2.24, 2.45) is 0 Å². The number of rotatable bonds is 2. The second-order valence-corrected chi connectivity index (χ2v) is 4.95. The Hall–Kier alpha value is -1.90. The van der Waals surface area contributed by atoms with Gasteiger partial charge >= 0.3 is 0 Å². The maximum absolute atomic E-state index is 12.1. The van der Waals surface area contributed by atoms with E-state index in [0.29, 0.717) is 5.56 Å². The van der Waals surface area contributed by atoms with E-state index < -0.39 is 0 Å². The highest BCUT2D eigenvalue weighted by Crippen LogP contribution is 2.18. The molecular formula is C15H18N2O. The van der Waals surface area contributed by atoms with Gasteiger partial charge in [-0.25, -0.2) is 0 Å². The highest BCUT2D eigenvalue weighted by Gasteiger charge is 2.12. The minimum atomic E-state index is -0.0570. The predicted octanol–water partition coefficient (Wildman–Crippen LogP) is 2.99. The van der Waals surface area contributed by atoms with Crippen molar-refractivity contribution in [1.29, 1.82) is 0 Å². The molecule has 2 aromatic rings. The Morgan fingerprint density at radius 1 is 1.22 bits per heavy atom. The number of carbonyl (C=O) groups is 1. The number of pyridine rings is 1. The third-order valence-electron chi connectivity index (χ3n) is 2.83. The molecule has 0 radical (unpaired) electrons. The van der Waals surface area contributed by atoms with Crippen molar-refractivity contribution >= 4 is 16.8 Å². The van der Waals surface area contributed by atoms with Gasteiger partial charge in [0.2, 0.25) is 0 Å². The van der Waals surface area contributed by atoms with Gasteiger partial charge in [-0.3, -0.25) is 9.78 Å². The third-order valence-corrected chi connectivity index (χ3v) is 2.83. The molecule has 0 fully saturated rings. The molecule has 0 aliphatic heterocycles. The van der Waals surface area contributed by atoms with E-state index in [9.17, 15) is 4.79 Å². The lowest BCUT2D eigenvalue weighted by Crippen LogP contribution is -2.30. The van der Waals surface area contributed by atoms with Crippen LogP contribution in [0.1, 0.15) is 35.5 Å². The molecule has 2 rings (SSSR count). The van der Waals surface area contributed by atoms with Crippen molar-refractivity contribution in [3.05, 3.63) is 41.1 Å². The largest absolute Gasteiger partial charge is 0.350 e. The fourth-order valence-corrected chi connectivity index (χ4v) is 1.96. The third kappa shape index (κ3) is 2.50. The summed E-state index contributed by atoms with van der Waals surface area (Å²) in [4.78, 5) is 16.5. The van der Waals surface area contributed by atoms with Crippen LogP contribution in [0, 0.1) is 13.8 Å². The van der Waals surface area contributed by atoms with Crippen molar-refractivity contribution < 1.29 is 4.79 Å². The molecule has 94 valence electrons. The van der Waals surface area contributed by atoms with Gasteiger partial charge in [0.05, 0.1) is 16.8 Å². The summed E-state index contributed by atoms with van der Waals surface area (Å²) >= 11 is 0. The number of benzene rings is 1. The molecule has 1 aromatic carbocycles. The molecule has 0 aliphatic carbocycles. The summed E-state index contributed by atoms with van der Waals surface area (Å²) < 4.78 is 0. The number of hydrogen-bond donors (Lipinski definition) is 1. The Bertz CT molecular complexity index is 603. The molecule has 1 N–H and O–H groups in total. The number of aryl methyl sites for hydroxylation is 2. The van der Waals surface area contributed by atoms with Gasteiger partial charge in [0.25, 0.3) is 5.91 Å². The van der Waals surface area contributed by atoms with Gasteiger partial charge in [-0.15, -0.1) is 0 Å². The molecule has 0 spiro atoms. The first kappa shape index (κ1) is 12.6. The van der Waals surface area contributed by atoms with Gasteiger partial charge in [-0.05, 0) is 45.9 Å². The maximum Gasteiger partial charge on any atom is 0.253 e. The SMILES string of the molecule is Cc1ccc2nc(C)c(C(=O)NC(C)C)cc2c1. The summed E-state index contributed by atoms with van der Waals surface area (Å²) in [5.74, 6) is -0.0570. The zero-order chi connectivity index (χ0) is 13.3. The van der Waals surface area contributed by atoms with Crippen LogP contribution in [0.2, 0.25) is 0 Å². The van der Waals surface area contributed by atoms with Crippen molar-refractivity contribution in [3.63, 3.8) is 0 Å². The molecule has 3 heteroatoms. The van der Waals surface area contributed by atoms with Crippen LogP contribution in [0.3, 0.4) is 0 Å². The predicted molar refractivity (Wildman–Crippen MR) is 73.8 cm³/mol. The van der Waals surface area contributed by atoms with E-state index >= 15 is 0 Å². The quantitative estimate of drug-likeness (QED) is 0.879. The molecule has 3 nitrogen and oxygen atoms in total. The van der Waals surface area contributed by atoms with Crippen LogP contribution >= 0.6 is 0 Å². The molecule has 0 saturated heterocycles. The van der Waals surface area contributed by atoms with Crippen molar-refractivity contribution in [2.75, 3.05) is 0 Å². The number of hydrogen-bond acceptors (Lipinski definition) is 2. The van der Waals surface area contributed by atoms with E-state index in [1.807, 2.05) is 52.0 Å². The fraction of sp³-hybridized carbons (Fsp3) is 0.333. The van der Waals surface area contributed by atoms with Gasteiger partial charge in [0.1, 0.15) is 0 Å². The minimum absolute atomic E-state index is 0.0570. The van der Waals surface area contributed by atoms with E-state index in [4.69, 9.17) is 0 Å². The van der Waals surface area contributed by atoms with Gasteiger partial charge in [-0.1, -0.05) is 11.6 Å². The molecule has 0 saturated carbocycles. The van der Waals surface area contributed by atoms with Crippen LogP contribution in [-0.2, 0) is 0 Å². The van der Waals surface area contributed by atoms with E-state index in [1.165, 1.54) is 5.56 Å². The lowest BCUT2D eigenvalue weighted by atomic mass is 10.1. The van der Waals surface area contributed by atoms with Gasteiger partial charge < -0.3 is 5.32 Å². The first-order valence-corrected chi connectivity index (χ1v) is 6.16. The van der Waals surface area contributed by atoms with Crippen LogP contribution in [0.15, 0.2) is 24.3 Å². The highest BCUT2D eigenvalue weighted by molar-refractivity contribution is 5.98. The molecule has 0 aliphatic rings. The Labute approximate surface area is 107 Å².